The molecule has 0 aromatic carbocycles. The summed E-state index contributed by atoms with van der Waals surface area (Å²) in [4.78, 5) is 9.31. The molecule has 0 fully saturated rings. The summed E-state index contributed by atoms with van der Waals surface area (Å²) in [6.45, 7) is 3.95. The largest absolute Gasteiger partial charge is 0.375 e. The van der Waals surface area contributed by atoms with Crippen LogP contribution in [0.25, 0.3) is 10.8 Å². The molecule has 18 heavy (non-hydrogen) atoms. The van der Waals surface area contributed by atoms with Gasteiger partial charge in [-0.05, 0) is 13.3 Å². The second-order valence-electron chi connectivity index (χ2n) is 3.94. The third-order valence-electron chi connectivity index (χ3n) is 2.57. The molecule has 1 atom stereocenters. The van der Waals surface area contributed by atoms with Gasteiger partial charge in [-0.1, -0.05) is 29.8 Å². The van der Waals surface area contributed by atoms with Crippen LogP contribution in [0.1, 0.15) is 37.4 Å². The fraction of sp³-hybridized carbons (Fsp3) is 0.545. The van der Waals surface area contributed by atoms with Gasteiger partial charge in [0.25, 0.3) is 5.89 Å². The van der Waals surface area contributed by atoms with Crippen molar-refractivity contribution in [2.75, 3.05) is 12.8 Å². The lowest BCUT2D eigenvalue weighted by Crippen LogP contribution is -2.03. The summed E-state index contributed by atoms with van der Waals surface area (Å²) >= 11 is 1.34. The van der Waals surface area contributed by atoms with Crippen LogP contribution in [0.15, 0.2) is 4.52 Å². The Bertz CT molecular complexity index is 523. The molecule has 0 aliphatic carbocycles. The van der Waals surface area contributed by atoms with Gasteiger partial charge in [0, 0.05) is 7.11 Å². The van der Waals surface area contributed by atoms with E-state index in [1.54, 1.807) is 7.11 Å². The molecule has 2 aromatic heterocycles. The van der Waals surface area contributed by atoms with E-state index < -0.39 is 0 Å². The third kappa shape index (κ3) is 2.51. The molecule has 0 saturated carbocycles. The van der Waals surface area contributed by atoms with Crippen molar-refractivity contribution < 1.29 is 9.26 Å². The van der Waals surface area contributed by atoms with Crippen molar-refractivity contribution in [2.45, 2.75) is 32.8 Å². The number of nitrogen functional groups attached to an aromatic ring is 1. The molecule has 98 valence electrons. The summed E-state index contributed by atoms with van der Waals surface area (Å²) in [5.74, 6) is 1.02. The first-order valence-corrected chi connectivity index (χ1v) is 6.57. The van der Waals surface area contributed by atoms with Gasteiger partial charge in [-0.15, -0.1) is 0 Å². The van der Waals surface area contributed by atoms with Crippen LogP contribution in [-0.2, 0) is 4.74 Å². The van der Waals surface area contributed by atoms with Crippen LogP contribution < -0.4 is 5.73 Å². The van der Waals surface area contributed by atoms with Gasteiger partial charge < -0.3 is 15.0 Å². The van der Waals surface area contributed by atoms with Crippen LogP contribution in [0, 0.1) is 6.92 Å². The van der Waals surface area contributed by atoms with Crippen molar-refractivity contribution in [3.05, 3.63) is 11.5 Å². The second kappa shape index (κ2) is 5.45. The van der Waals surface area contributed by atoms with E-state index in [0.29, 0.717) is 16.8 Å². The zero-order valence-electron chi connectivity index (χ0n) is 10.6. The fourth-order valence-electron chi connectivity index (χ4n) is 1.69. The number of rotatable bonds is 5. The molecule has 0 saturated heterocycles. The number of ether oxygens (including phenoxy) is 1. The summed E-state index contributed by atoms with van der Waals surface area (Å²) < 4.78 is 10.6. The fourth-order valence-corrected chi connectivity index (χ4v) is 2.44. The highest BCUT2D eigenvalue weighted by Gasteiger charge is 2.20. The highest BCUT2D eigenvalue weighted by Crippen LogP contribution is 2.31. The van der Waals surface area contributed by atoms with Gasteiger partial charge in [0.2, 0.25) is 5.82 Å². The zero-order chi connectivity index (χ0) is 13.1. The lowest BCUT2D eigenvalue weighted by molar-refractivity contribution is 0.0854. The number of hydrogen-bond donors (Lipinski definition) is 1. The molecule has 2 N–H and O–H groups in total. The Hall–Kier alpha value is -1.47. The number of aryl methyl sites for hydroxylation is 1. The molecule has 6 nitrogen and oxygen atoms in total. The smallest absolute Gasteiger partial charge is 0.270 e. The Morgan fingerprint density at radius 2 is 2.22 bits per heavy atom. The van der Waals surface area contributed by atoms with E-state index in [0.717, 1.165) is 23.4 Å². The number of aromatic nitrogens is 3. The summed E-state index contributed by atoms with van der Waals surface area (Å²) in [5, 5.41) is 4.46. The number of nitrogens with zero attached hydrogens (tertiary/aromatic N) is 3. The zero-order valence-corrected chi connectivity index (χ0v) is 11.5. The van der Waals surface area contributed by atoms with Crippen LogP contribution >= 0.6 is 11.3 Å². The van der Waals surface area contributed by atoms with Gasteiger partial charge >= 0.3 is 0 Å². The minimum atomic E-state index is -0.127. The summed E-state index contributed by atoms with van der Waals surface area (Å²) in [6.07, 6.45) is 1.73. The van der Waals surface area contributed by atoms with Crippen LogP contribution in [-0.4, -0.2) is 22.2 Å². The minimum Gasteiger partial charge on any atom is -0.375 e. The van der Waals surface area contributed by atoms with Crippen LogP contribution in [0.4, 0.5) is 5.13 Å². The van der Waals surface area contributed by atoms with Gasteiger partial charge in [0.1, 0.15) is 11.0 Å². The average molecular weight is 268 g/mol. The molecule has 7 heteroatoms. The van der Waals surface area contributed by atoms with Gasteiger partial charge in [0.15, 0.2) is 5.13 Å². The first-order chi connectivity index (χ1) is 8.65. The monoisotopic (exact) mass is 268 g/mol. The molecule has 2 aromatic rings. The number of nitrogens with two attached hydrogens (primary N) is 1. The van der Waals surface area contributed by atoms with E-state index in [1.165, 1.54) is 11.3 Å². The summed E-state index contributed by atoms with van der Waals surface area (Å²) in [7, 11) is 1.65. The molecule has 0 aliphatic heterocycles. The highest BCUT2D eigenvalue weighted by atomic mass is 32.1. The Balaban J connectivity index is 2.27. The maximum Gasteiger partial charge on any atom is 0.270 e. The third-order valence-corrected chi connectivity index (χ3v) is 3.55. The molecule has 0 bridgehead atoms. The van der Waals surface area contributed by atoms with E-state index >= 15 is 0 Å². The maximum absolute atomic E-state index is 5.65. The average Bonchev–Trinajstić information content (AvgIpc) is 2.92. The number of methoxy groups -OCH3 is 1. The quantitative estimate of drug-likeness (QED) is 0.896. The molecule has 0 spiro atoms. The molecule has 0 amide bonds. The topological polar surface area (TPSA) is 87.1 Å². The summed E-state index contributed by atoms with van der Waals surface area (Å²) in [5.41, 5.74) is 6.45. The second-order valence-corrected chi connectivity index (χ2v) is 4.97. The molecular weight excluding hydrogens is 252 g/mol. The van der Waals surface area contributed by atoms with E-state index in [-0.39, 0.29) is 6.10 Å². The number of anilines is 1. The standard InChI is InChI=1S/C11H16N4O2S/c1-4-5-7(16-3)9-14-10(17-15-9)8-6(2)13-11(12)18-8/h7H,4-5H2,1-3H3,(H2,12,13). The van der Waals surface area contributed by atoms with Crippen molar-refractivity contribution in [1.82, 2.24) is 15.1 Å². The summed E-state index contributed by atoms with van der Waals surface area (Å²) in [6, 6.07) is 0. The highest BCUT2D eigenvalue weighted by molar-refractivity contribution is 7.18. The Morgan fingerprint density at radius 3 is 2.78 bits per heavy atom. The van der Waals surface area contributed by atoms with Crippen LogP contribution in [0.3, 0.4) is 0 Å². The van der Waals surface area contributed by atoms with Gasteiger partial charge in [-0.2, -0.15) is 4.98 Å². The molecule has 2 rings (SSSR count). The van der Waals surface area contributed by atoms with E-state index in [1.807, 2.05) is 6.92 Å². The minimum absolute atomic E-state index is 0.127. The maximum atomic E-state index is 5.65. The van der Waals surface area contributed by atoms with Crippen molar-refractivity contribution in [3.63, 3.8) is 0 Å². The Morgan fingerprint density at radius 1 is 1.44 bits per heavy atom. The SMILES string of the molecule is CCCC(OC)c1noc(-c2sc(N)nc2C)n1. The van der Waals surface area contributed by atoms with Crippen LogP contribution in [0.2, 0.25) is 0 Å². The number of thiazole rings is 1. The van der Waals surface area contributed by atoms with E-state index in [2.05, 4.69) is 22.0 Å². The molecule has 0 aliphatic rings. The van der Waals surface area contributed by atoms with Crippen LogP contribution in [0.5, 0.6) is 0 Å². The molecule has 1 unspecified atom stereocenters. The van der Waals surface area contributed by atoms with E-state index in [4.69, 9.17) is 15.0 Å². The van der Waals surface area contributed by atoms with Crippen molar-refractivity contribution in [1.29, 1.82) is 0 Å². The molecule has 0 radical (unpaired) electrons. The van der Waals surface area contributed by atoms with Crippen molar-refractivity contribution in [3.8, 4) is 10.8 Å². The van der Waals surface area contributed by atoms with Gasteiger partial charge in [0.05, 0.1) is 5.69 Å². The normalized spacial score (nSPS) is 12.8. The van der Waals surface area contributed by atoms with Crippen molar-refractivity contribution in [2.24, 2.45) is 0 Å². The van der Waals surface area contributed by atoms with Crippen molar-refractivity contribution >= 4 is 16.5 Å². The lowest BCUT2D eigenvalue weighted by atomic mass is 10.2. The Kier molecular flexibility index (Phi) is 3.93. The molecular formula is C11H16N4O2S. The first kappa shape index (κ1) is 13.0. The number of hydrogen-bond acceptors (Lipinski definition) is 7. The predicted octanol–water partition coefficient (Wildman–Crippen LogP) is 2.57. The molecule has 2 heterocycles. The van der Waals surface area contributed by atoms with Gasteiger partial charge in [-0.3, -0.25) is 0 Å². The Labute approximate surface area is 109 Å². The van der Waals surface area contributed by atoms with E-state index in [9.17, 15) is 0 Å². The predicted molar refractivity (Wildman–Crippen MR) is 69.2 cm³/mol. The lowest BCUT2D eigenvalue weighted by Gasteiger charge is -2.08. The van der Waals surface area contributed by atoms with Gasteiger partial charge in [-0.25, -0.2) is 4.98 Å². The first-order valence-electron chi connectivity index (χ1n) is 5.75.